The van der Waals surface area contributed by atoms with E-state index in [1.807, 2.05) is 18.2 Å². The van der Waals surface area contributed by atoms with E-state index in [1.54, 1.807) is 18.2 Å². The lowest BCUT2D eigenvalue weighted by molar-refractivity contribution is 0.304. The molecule has 0 aromatic heterocycles. The molecule has 1 fully saturated rings. The van der Waals surface area contributed by atoms with Crippen LogP contribution >= 0.6 is 0 Å². The summed E-state index contributed by atoms with van der Waals surface area (Å²) in [5.41, 5.74) is 2.68. The minimum absolute atomic E-state index is 0.316. The quantitative estimate of drug-likeness (QED) is 0.403. The molecule has 0 bridgehead atoms. The molecule has 2 aromatic carbocycles. The summed E-state index contributed by atoms with van der Waals surface area (Å²) < 4.78 is 29.4. The molecule has 0 aliphatic heterocycles. The van der Waals surface area contributed by atoms with E-state index in [1.165, 1.54) is 38.2 Å². The van der Waals surface area contributed by atoms with Gasteiger partial charge in [-0.15, -0.1) is 6.58 Å². The van der Waals surface area contributed by atoms with E-state index in [4.69, 9.17) is 0 Å². The van der Waals surface area contributed by atoms with Gasteiger partial charge < -0.3 is 0 Å². The minimum atomic E-state index is -0.357. The molecule has 1 aliphatic carbocycles. The maximum atomic E-state index is 14.8. The molecule has 150 valence electrons. The Kier molecular flexibility index (Phi) is 7.42. The van der Waals surface area contributed by atoms with Gasteiger partial charge in [-0.2, -0.15) is 0 Å². The first-order chi connectivity index (χ1) is 13.6. The Hall–Kier alpha value is -1.96. The molecule has 0 N–H and O–H groups in total. The smallest absolute Gasteiger partial charge is 0.131 e. The van der Waals surface area contributed by atoms with Crippen LogP contribution in [-0.2, 0) is 6.42 Å². The van der Waals surface area contributed by atoms with Crippen molar-refractivity contribution in [2.75, 3.05) is 0 Å². The van der Waals surface area contributed by atoms with Crippen molar-refractivity contribution in [3.8, 4) is 11.1 Å². The van der Waals surface area contributed by atoms with Crippen LogP contribution in [0.1, 0.15) is 75.3 Å². The fourth-order valence-electron chi connectivity index (χ4n) is 4.48. The highest BCUT2D eigenvalue weighted by Crippen LogP contribution is 2.39. The highest BCUT2D eigenvalue weighted by Gasteiger charge is 2.23. The summed E-state index contributed by atoms with van der Waals surface area (Å²) in [7, 11) is 0. The summed E-state index contributed by atoms with van der Waals surface area (Å²) in [6.07, 6.45) is 12.1. The SMILES string of the molecule is C=CCCc1ccc(-c2ccc(C3CCC(CCCC)CC3)cc2F)c(F)c1. The van der Waals surface area contributed by atoms with Crippen LogP contribution in [0.5, 0.6) is 0 Å². The van der Waals surface area contributed by atoms with Crippen LogP contribution in [0.2, 0.25) is 0 Å². The fraction of sp³-hybridized carbons (Fsp3) is 0.462. The molecule has 0 saturated heterocycles. The lowest BCUT2D eigenvalue weighted by Gasteiger charge is -2.29. The molecular formula is C26H32F2. The molecule has 1 aliphatic rings. The average Bonchev–Trinajstić information content (AvgIpc) is 2.71. The predicted molar refractivity (Wildman–Crippen MR) is 115 cm³/mol. The maximum Gasteiger partial charge on any atom is 0.131 e. The lowest BCUT2D eigenvalue weighted by Crippen LogP contribution is -2.13. The fourth-order valence-corrected chi connectivity index (χ4v) is 4.48. The summed E-state index contributed by atoms with van der Waals surface area (Å²) in [6, 6.07) is 10.5. The number of aryl methyl sites for hydroxylation is 1. The van der Waals surface area contributed by atoms with Crippen LogP contribution in [0.25, 0.3) is 11.1 Å². The Bertz CT molecular complexity index is 785. The second kappa shape index (κ2) is 10.0. The van der Waals surface area contributed by atoms with Gasteiger partial charge in [0.2, 0.25) is 0 Å². The third-order valence-electron chi connectivity index (χ3n) is 6.24. The molecule has 0 heterocycles. The summed E-state index contributed by atoms with van der Waals surface area (Å²) in [5, 5.41) is 0. The maximum absolute atomic E-state index is 14.8. The molecule has 0 radical (unpaired) electrons. The number of halogens is 2. The number of hydrogen-bond acceptors (Lipinski definition) is 0. The molecule has 0 spiro atoms. The molecule has 0 amide bonds. The first-order valence-electron chi connectivity index (χ1n) is 10.8. The van der Waals surface area contributed by atoms with Gasteiger partial charge in [-0.25, -0.2) is 8.78 Å². The largest absolute Gasteiger partial charge is 0.206 e. The number of unbranched alkanes of at least 4 members (excludes halogenated alkanes) is 1. The summed E-state index contributed by atoms with van der Waals surface area (Å²) in [6.45, 7) is 5.94. The summed E-state index contributed by atoms with van der Waals surface area (Å²) in [5.74, 6) is 0.606. The van der Waals surface area contributed by atoms with Crippen molar-refractivity contribution in [3.63, 3.8) is 0 Å². The van der Waals surface area contributed by atoms with Gasteiger partial charge in [0.05, 0.1) is 0 Å². The normalized spacial score (nSPS) is 19.5. The average molecular weight is 383 g/mol. The minimum Gasteiger partial charge on any atom is -0.206 e. The standard InChI is InChI=1S/C26H32F2/c1-3-5-7-19-9-12-21(13-10-19)22-14-16-24(26(28)18-22)23-15-11-20(8-6-4-2)17-25(23)27/h4,11,14-19,21H,2-3,5-10,12-13H2,1H3. The Balaban J connectivity index is 1.70. The van der Waals surface area contributed by atoms with Crippen LogP contribution in [0.3, 0.4) is 0 Å². The molecule has 0 atom stereocenters. The highest BCUT2D eigenvalue weighted by atomic mass is 19.1. The zero-order valence-corrected chi connectivity index (χ0v) is 17.0. The Morgan fingerprint density at radius 2 is 1.64 bits per heavy atom. The van der Waals surface area contributed by atoms with Gasteiger partial charge in [0.25, 0.3) is 0 Å². The predicted octanol–water partition coefficient (Wildman–Crippen LogP) is 8.21. The molecule has 2 aromatic rings. The van der Waals surface area contributed by atoms with Gasteiger partial charge in [-0.05, 0) is 73.6 Å². The third kappa shape index (κ3) is 5.10. The van der Waals surface area contributed by atoms with Crippen molar-refractivity contribution in [1.82, 2.24) is 0 Å². The Morgan fingerprint density at radius 1 is 0.964 bits per heavy atom. The number of rotatable bonds is 8. The van der Waals surface area contributed by atoms with Gasteiger partial charge in [-0.3, -0.25) is 0 Å². The molecule has 0 unspecified atom stereocenters. The zero-order valence-electron chi connectivity index (χ0n) is 17.0. The van der Waals surface area contributed by atoms with Crippen LogP contribution < -0.4 is 0 Å². The van der Waals surface area contributed by atoms with Crippen LogP contribution in [0, 0.1) is 17.6 Å². The van der Waals surface area contributed by atoms with E-state index >= 15 is 0 Å². The van der Waals surface area contributed by atoms with E-state index in [9.17, 15) is 8.78 Å². The van der Waals surface area contributed by atoms with E-state index in [0.29, 0.717) is 17.0 Å². The number of allylic oxidation sites excluding steroid dienone is 1. The van der Waals surface area contributed by atoms with E-state index < -0.39 is 0 Å². The second-order valence-corrected chi connectivity index (χ2v) is 8.24. The Labute approximate surface area is 168 Å². The molecule has 0 nitrogen and oxygen atoms in total. The molecule has 3 rings (SSSR count). The van der Waals surface area contributed by atoms with Gasteiger partial charge in [0, 0.05) is 11.1 Å². The van der Waals surface area contributed by atoms with Crippen molar-refractivity contribution in [3.05, 3.63) is 71.8 Å². The lowest BCUT2D eigenvalue weighted by atomic mass is 9.77. The number of benzene rings is 2. The second-order valence-electron chi connectivity index (χ2n) is 8.24. The van der Waals surface area contributed by atoms with Crippen molar-refractivity contribution in [2.45, 2.75) is 70.6 Å². The topological polar surface area (TPSA) is 0 Å². The first-order valence-corrected chi connectivity index (χ1v) is 10.8. The van der Waals surface area contributed by atoms with Crippen LogP contribution in [-0.4, -0.2) is 0 Å². The van der Waals surface area contributed by atoms with E-state index in [2.05, 4.69) is 13.5 Å². The monoisotopic (exact) mass is 382 g/mol. The van der Waals surface area contributed by atoms with Crippen molar-refractivity contribution in [1.29, 1.82) is 0 Å². The molecule has 28 heavy (non-hydrogen) atoms. The van der Waals surface area contributed by atoms with E-state index in [0.717, 1.165) is 42.7 Å². The first kappa shape index (κ1) is 20.8. The highest BCUT2D eigenvalue weighted by molar-refractivity contribution is 5.65. The number of hydrogen-bond donors (Lipinski definition) is 0. The van der Waals surface area contributed by atoms with E-state index in [-0.39, 0.29) is 11.6 Å². The van der Waals surface area contributed by atoms with Crippen LogP contribution in [0.4, 0.5) is 8.78 Å². The molecule has 2 heteroatoms. The van der Waals surface area contributed by atoms with Gasteiger partial charge >= 0.3 is 0 Å². The van der Waals surface area contributed by atoms with Crippen LogP contribution in [0.15, 0.2) is 49.1 Å². The van der Waals surface area contributed by atoms with Gasteiger partial charge in [-0.1, -0.05) is 56.5 Å². The van der Waals surface area contributed by atoms with Gasteiger partial charge in [0.15, 0.2) is 0 Å². The Morgan fingerprint density at radius 3 is 2.25 bits per heavy atom. The molecular weight excluding hydrogens is 350 g/mol. The molecule has 1 saturated carbocycles. The van der Waals surface area contributed by atoms with Crippen molar-refractivity contribution >= 4 is 0 Å². The summed E-state index contributed by atoms with van der Waals surface area (Å²) in [4.78, 5) is 0. The zero-order chi connectivity index (χ0) is 19.9. The van der Waals surface area contributed by atoms with Crippen molar-refractivity contribution < 1.29 is 8.78 Å². The van der Waals surface area contributed by atoms with Gasteiger partial charge in [0.1, 0.15) is 11.6 Å². The third-order valence-corrected chi connectivity index (χ3v) is 6.24. The van der Waals surface area contributed by atoms with Crippen molar-refractivity contribution in [2.24, 2.45) is 5.92 Å². The summed E-state index contributed by atoms with van der Waals surface area (Å²) >= 11 is 0.